The fourth-order valence-electron chi connectivity index (χ4n) is 3.43. The molecule has 132 valence electrons. The summed E-state index contributed by atoms with van der Waals surface area (Å²) in [4.78, 5) is 16.4. The second-order valence-electron chi connectivity index (χ2n) is 6.60. The van der Waals surface area contributed by atoms with Crippen LogP contribution in [-0.2, 0) is 17.8 Å². The quantitative estimate of drug-likeness (QED) is 0.707. The van der Waals surface area contributed by atoms with Crippen molar-refractivity contribution in [2.75, 3.05) is 18.4 Å². The Labute approximate surface area is 158 Å². The normalized spacial score (nSPS) is 14.0. The minimum absolute atomic E-state index is 0.0736. The molecule has 0 saturated carbocycles. The molecule has 2 aromatic carbocycles. The molecule has 0 radical (unpaired) electrons. The van der Waals surface area contributed by atoms with Crippen LogP contribution in [0.25, 0.3) is 11.1 Å². The zero-order valence-electron chi connectivity index (χ0n) is 14.7. The van der Waals surface area contributed by atoms with E-state index < -0.39 is 0 Å². The number of carbonyl (C=O) groups is 1. The van der Waals surface area contributed by atoms with Crippen LogP contribution in [0.4, 0.5) is 5.69 Å². The van der Waals surface area contributed by atoms with E-state index in [1.54, 1.807) is 0 Å². The van der Waals surface area contributed by atoms with Crippen molar-refractivity contribution >= 4 is 22.9 Å². The van der Waals surface area contributed by atoms with Gasteiger partial charge in [-0.15, -0.1) is 11.3 Å². The summed E-state index contributed by atoms with van der Waals surface area (Å²) in [5.41, 5.74) is 4.48. The number of anilines is 1. The van der Waals surface area contributed by atoms with Crippen molar-refractivity contribution in [3.8, 4) is 11.1 Å². The van der Waals surface area contributed by atoms with E-state index in [1.165, 1.54) is 10.4 Å². The van der Waals surface area contributed by atoms with Crippen molar-refractivity contribution in [2.24, 2.45) is 0 Å². The third-order valence-corrected chi connectivity index (χ3v) is 5.85. The summed E-state index contributed by atoms with van der Waals surface area (Å²) in [6, 6.07) is 20.4. The molecule has 0 spiro atoms. The minimum atomic E-state index is 0.0736. The van der Waals surface area contributed by atoms with Gasteiger partial charge in [0.15, 0.2) is 0 Å². The molecule has 1 aliphatic rings. The second kappa shape index (κ2) is 7.85. The molecule has 1 aliphatic heterocycles. The molecule has 0 atom stereocenters. The van der Waals surface area contributed by atoms with Gasteiger partial charge in [-0.05, 0) is 35.1 Å². The predicted molar refractivity (Wildman–Crippen MR) is 108 cm³/mol. The first-order valence-corrected chi connectivity index (χ1v) is 9.89. The number of nitrogens with zero attached hydrogens (tertiary/aromatic N) is 1. The molecular weight excluding hydrogens is 340 g/mol. The summed E-state index contributed by atoms with van der Waals surface area (Å²) in [6.07, 6.45) is 1.62. The maximum absolute atomic E-state index is 12.5. The molecule has 0 aliphatic carbocycles. The Hall–Kier alpha value is -2.43. The van der Waals surface area contributed by atoms with Crippen molar-refractivity contribution in [1.29, 1.82) is 0 Å². The fourth-order valence-corrected chi connectivity index (χ4v) is 4.32. The van der Waals surface area contributed by atoms with Crippen LogP contribution in [-0.4, -0.2) is 23.9 Å². The standard InChI is InChI=1S/C22H22N2OS/c25-22(11-14-24-13-10-21-18(16-24)12-15-26-21)23-20-9-5-4-8-19(20)17-6-2-1-3-7-17/h1-9,12,15H,10-11,13-14,16H2,(H,23,25). The van der Waals surface area contributed by atoms with E-state index in [9.17, 15) is 4.79 Å². The largest absolute Gasteiger partial charge is 0.325 e. The monoisotopic (exact) mass is 362 g/mol. The van der Waals surface area contributed by atoms with E-state index >= 15 is 0 Å². The van der Waals surface area contributed by atoms with Crippen LogP contribution >= 0.6 is 11.3 Å². The lowest BCUT2D eigenvalue weighted by atomic mass is 10.0. The molecular formula is C22H22N2OS. The van der Waals surface area contributed by atoms with Crippen LogP contribution in [0.2, 0.25) is 0 Å². The third kappa shape index (κ3) is 3.87. The molecule has 4 heteroatoms. The van der Waals surface area contributed by atoms with Gasteiger partial charge in [0.2, 0.25) is 5.91 Å². The summed E-state index contributed by atoms with van der Waals surface area (Å²) in [5.74, 6) is 0.0736. The van der Waals surface area contributed by atoms with Gasteiger partial charge in [0.05, 0.1) is 0 Å². The Kier molecular flexibility index (Phi) is 5.14. The SMILES string of the molecule is O=C(CCN1CCc2sccc2C1)Nc1ccccc1-c1ccccc1. The highest BCUT2D eigenvalue weighted by atomic mass is 32.1. The van der Waals surface area contributed by atoms with Gasteiger partial charge in [-0.25, -0.2) is 0 Å². The van der Waals surface area contributed by atoms with Gasteiger partial charge < -0.3 is 5.32 Å². The second-order valence-corrected chi connectivity index (χ2v) is 7.61. The Bertz CT molecular complexity index is 888. The van der Waals surface area contributed by atoms with Crippen molar-refractivity contribution < 1.29 is 4.79 Å². The number of amides is 1. The van der Waals surface area contributed by atoms with Crippen LogP contribution in [0.3, 0.4) is 0 Å². The highest BCUT2D eigenvalue weighted by Crippen LogP contribution is 2.28. The summed E-state index contributed by atoms with van der Waals surface area (Å²) in [5, 5.41) is 5.27. The summed E-state index contributed by atoms with van der Waals surface area (Å²) < 4.78 is 0. The molecule has 26 heavy (non-hydrogen) atoms. The van der Waals surface area contributed by atoms with Crippen LogP contribution in [0.15, 0.2) is 66.0 Å². The van der Waals surface area contributed by atoms with E-state index in [0.29, 0.717) is 6.42 Å². The Morgan fingerprint density at radius 2 is 1.85 bits per heavy atom. The van der Waals surface area contributed by atoms with Crippen LogP contribution in [0.5, 0.6) is 0 Å². The first-order valence-electron chi connectivity index (χ1n) is 9.01. The van der Waals surface area contributed by atoms with E-state index in [2.05, 4.69) is 33.8 Å². The Morgan fingerprint density at radius 1 is 1.04 bits per heavy atom. The van der Waals surface area contributed by atoms with E-state index in [-0.39, 0.29) is 5.91 Å². The number of benzene rings is 2. The number of hydrogen-bond acceptors (Lipinski definition) is 3. The van der Waals surface area contributed by atoms with Crippen LogP contribution < -0.4 is 5.32 Å². The molecule has 0 unspecified atom stereocenters. The fraction of sp³-hybridized carbons (Fsp3) is 0.227. The van der Waals surface area contributed by atoms with E-state index in [4.69, 9.17) is 0 Å². The van der Waals surface area contributed by atoms with Crippen molar-refractivity contribution in [3.63, 3.8) is 0 Å². The molecule has 1 N–H and O–H groups in total. The number of rotatable bonds is 5. The molecule has 3 nitrogen and oxygen atoms in total. The number of hydrogen-bond donors (Lipinski definition) is 1. The highest BCUT2D eigenvalue weighted by Gasteiger charge is 2.18. The number of fused-ring (bicyclic) bond motifs is 1. The van der Waals surface area contributed by atoms with Gasteiger partial charge in [0.25, 0.3) is 0 Å². The first-order chi connectivity index (χ1) is 12.8. The van der Waals surface area contributed by atoms with Gasteiger partial charge in [-0.1, -0.05) is 48.5 Å². The van der Waals surface area contributed by atoms with Gasteiger partial charge in [-0.3, -0.25) is 9.69 Å². The van der Waals surface area contributed by atoms with Crippen LogP contribution in [0.1, 0.15) is 16.9 Å². The van der Waals surface area contributed by atoms with E-state index in [0.717, 1.165) is 42.9 Å². The molecule has 4 rings (SSSR count). The molecule has 0 bridgehead atoms. The number of para-hydroxylation sites is 1. The predicted octanol–water partition coefficient (Wildman–Crippen LogP) is 4.80. The van der Waals surface area contributed by atoms with Gasteiger partial charge in [0, 0.05) is 42.2 Å². The van der Waals surface area contributed by atoms with Crippen molar-refractivity contribution in [2.45, 2.75) is 19.4 Å². The average molecular weight is 362 g/mol. The van der Waals surface area contributed by atoms with Crippen molar-refractivity contribution in [3.05, 3.63) is 76.5 Å². The lowest BCUT2D eigenvalue weighted by Crippen LogP contribution is -2.32. The lowest BCUT2D eigenvalue weighted by Gasteiger charge is -2.26. The third-order valence-electron chi connectivity index (χ3n) is 4.83. The molecule has 2 heterocycles. The Morgan fingerprint density at radius 3 is 2.73 bits per heavy atom. The number of carbonyl (C=O) groups excluding carboxylic acids is 1. The summed E-state index contributed by atoms with van der Waals surface area (Å²) in [6.45, 7) is 2.81. The molecule has 0 fully saturated rings. The van der Waals surface area contributed by atoms with Crippen LogP contribution in [0, 0.1) is 0 Å². The molecule has 0 saturated heterocycles. The average Bonchev–Trinajstić information content (AvgIpc) is 3.15. The smallest absolute Gasteiger partial charge is 0.225 e. The summed E-state index contributed by atoms with van der Waals surface area (Å²) in [7, 11) is 0. The maximum atomic E-state index is 12.5. The summed E-state index contributed by atoms with van der Waals surface area (Å²) >= 11 is 1.85. The number of nitrogens with one attached hydrogen (secondary N) is 1. The zero-order chi connectivity index (χ0) is 17.8. The Balaban J connectivity index is 1.37. The zero-order valence-corrected chi connectivity index (χ0v) is 15.5. The minimum Gasteiger partial charge on any atom is -0.325 e. The molecule has 3 aromatic rings. The molecule has 1 aromatic heterocycles. The van der Waals surface area contributed by atoms with Gasteiger partial charge in [0.1, 0.15) is 0 Å². The van der Waals surface area contributed by atoms with E-state index in [1.807, 2.05) is 53.8 Å². The van der Waals surface area contributed by atoms with Gasteiger partial charge in [-0.2, -0.15) is 0 Å². The molecule has 1 amide bonds. The van der Waals surface area contributed by atoms with Crippen molar-refractivity contribution in [1.82, 2.24) is 4.90 Å². The number of thiophene rings is 1. The van der Waals surface area contributed by atoms with Gasteiger partial charge >= 0.3 is 0 Å². The first kappa shape index (κ1) is 17.0. The highest BCUT2D eigenvalue weighted by molar-refractivity contribution is 7.10. The lowest BCUT2D eigenvalue weighted by molar-refractivity contribution is -0.116. The topological polar surface area (TPSA) is 32.3 Å². The maximum Gasteiger partial charge on any atom is 0.225 e.